The Labute approximate surface area is 224 Å². The molecular weight excluding hydrogens is 527 g/mol. The number of carbonyl (C=O) groups excluding carboxylic acids is 1. The predicted molar refractivity (Wildman–Crippen MR) is 144 cm³/mol. The molecule has 36 heavy (non-hydrogen) atoms. The van der Waals surface area contributed by atoms with E-state index in [9.17, 15) is 4.79 Å². The van der Waals surface area contributed by atoms with Crippen molar-refractivity contribution in [2.45, 2.75) is 25.6 Å². The van der Waals surface area contributed by atoms with E-state index < -0.39 is 0 Å². The van der Waals surface area contributed by atoms with E-state index in [1.165, 1.54) is 20.3 Å². The molecule has 0 aliphatic carbocycles. The van der Waals surface area contributed by atoms with Gasteiger partial charge in [0.2, 0.25) is 11.9 Å². The van der Waals surface area contributed by atoms with Crippen molar-refractivity contribution in [1.82, 2.24) is 15.3 Å². The first-order valence-electron chi connectivity index (χ1n) is 11.1. The number of thiocarbonyl (C=S) groups is 1. The number of ether oxygens (including phenoxy) is 3. The second-order valence-corrected chi connectivity index (χ2v) is 9.14. The summed E-state index contributed by atoms with van der Waals surface area (Å²) < 4.78 is 16.4. The molecule has 1 aromatic carbocycles. The van der Waals surface area contributed by atoms with E-state index in [0.717, 1.165) is 5.56 Å². The minimum Gasteiger partial charge on any atom is -0.495 e. The van der Waals surface area contributed by atoms with Gasteiger partial charge in [0.25, 0.3) is 0 Å². The lowest BCUT2D eigenvalue weighted by Crippen LogP contribution is -2.48. The van der Waals surface area contributed by atoms with Crippen molar-refractivity contribution in [3.63, 3.8) is 0 Å². The molecule has 0 radical (unpaired) electrons. The minimum absolute atomic E-state index is 0.198. The summed E-state index contributed by atoms with van der Waals surface area (Å²) in [6.07, 6.45) is 2.96. The number of hydrogen-bond donors (Lipinski definition) is 2. The van der Waals surface area contributed by atoms with Gasteiger partial charge < -0.3 is 34.6 Å². The van der Waals surface area contributed by atoms with E-state index >= 15 is 0 Å². The molecule has 0 saturated carbocycles. The molecule has 3 heterocycles. The van der Waals surface area contributed by atoms with E-state index in [0.29, 0.717) is 70.4 Å². The zero-order valence-corrected chi connectivity index (χ0v) is 22.3. The van der Waals surface area contributed by atoms with Crippen LogP contribution in [-0.2, 0) is 16.1 Å². The fourth-order valence-electron chi connectivity index (χ4n) is 4.10. The molecule has 4 rings (SSSR count). The predicted octanol–water partition coefficient (Wildman–Crippen LogP) is 3.41. The highest BCUT2D eigenvalue weighted by Crippen LogP contribution is 2.48. The van der Waals surface area contributed by atoms with Gasteiger partial charge in [0.1, 0.15) is 27.4 Å². The van der Waals surface area contributed by atoms with E-state index in [1.54, 1.807) is 12.3 Å². The molecule has 1 amide bonds. The van der Waals surface area contributed by atoms with E-state index in [1.807, 2.05) is 16.7 Å². The van der Waals surface area contributed by atoms with Crippen LogP contribution in [0.3, 0.4) is 0 Å². The molecule has 2 N–H and O–H groups in total. The quantitative estimate of drug-likeness (QED) is 0.374. The van der Waals surface area contributed by atoms with Gasteiger partial charge in [-0.15, -0.1) is 0 Å². The number of nitrogens with one attached hydrogen (secondary N) is 2. The Hall–Kier alpha value is -2.86. The van der Waals surface area contributed by atoms with E-state index in [4.69, 9.17) is 54.6 Å². The molecule has 0 unspecified atom stereocenters. The Kier molecular flexibility index (Phi) is 8.04. The van der Waals surface area contributed by atoms with Gasteiger partial charge in [0.15, 0.2) is 5.11 Å². The maximum Gasteiger partial charge on any atom is 0.243 e. The van der Waals surface area contributed by atoms with Crippen LogP contribution < -0.4 is 29.9 Å². The lowest BCUT2D eigenvalue weighted by molar-refractivity contribution is -0.117. The van der Waals surface area contributed by atoms with Crippen molar-refractivity contribution in [3.8, 4) is 11.5 Å². The lowest BCUT2D eigenvalue weighted by Gasteiger charge is -2.39. The molecule has 192 valence electrons. The average molecular weight is 553 g/mol. The molecule has 10 nitrogen and oxygen atoms in total. The van der Waals surface area contributed by atoms with Crippen LogP contribution in [0.15, 0.2) is 24.9 Å². The van der Waals surface area contributed by atoms with Gasteiger partial charge in [-0.1, -0.05) is 29.8 Å². The Bertz CT molecular complexity index is 1170. The summed E-state index contributed by atoms with van der Waals surface area (Å²) in [5.41, 5.74) is 1.30. The maximum atomic E-state index is 11.7. The molecule has 1 saturated heterocycles. The number of amides is 1. The van der Waals surface area contributed by atoms with Crippen LogP contribution in [0.1, 0.15) is 12.5 Å². The number of hydrogen-bond acceptors (Lipinski definition) is 8. The van der Waals surface area contributed by atoms with Crippen molar-refractivity contribution < 1.29 is 19.0 Å². The molecule has 1 aromatic heterocycles. The summed E-state index contributed by atoms with van der Waals surface area (Å²) in [5, 5.41) is 7.23. The Morgan fingerprint density at radius 1 is 1.28 bits per heavy atom. The molecule has 2 aromatic rings. The van der Waals surface area contributed by atoms with Gasteiger partial charge in [-0.3, -0.25) is 4.79 Å². The second-order valence-electron chi connectivity index (χ2n) is 8.02. The summed E-state index contributed by atoms with van der Waals surface area (Å²) in [4.78, 5) is 24.7. The highest BCUT2D eigenvalue weighted by atomic mass is 35.5. The van der Waals surface area contributed by atoms with Crippen molar-refractivity contribution in [2.75, 3.05) is 49.1 Å². The standard InChI is InChI=1S/C23H26Cl2N6O4S/c1-5-17(32)27-13-10-35-11-14(13)28-22-26-8-12-9-31(23(36)30(6-2)21(12)29-22)20-18(24)15(33-3)7-16(34-4)19(20)25/h5,7-8,13-14H,1,6,9-11H2,2-4H3,(H,27,32)(H,26,28,29)/t13-,14+/m0/s1. The first kappa shape index (κ1) is 26.2. The van der Waals surface area contributed by atoms with Crippen molar-refractivity contribution in [1.29, 1.82) is 0 Å². The molecule has 2 aliphatic rings. The normalized spacial score (nSPS) is 19.1. The smallest absolute Gasteiger partial charge is 0.243 e. The van der Waals surface area contributed by atoms with Crippen LogP contribution >= 0.6 is 35.4 Å². The van der Waals surface area contributed by atoms with Crippen molar-refractivity contribution in [3.05, 3.63) is 40.5 Å². The monoisotopic (exact) mass is 552 g/mol. The number of aromatic nitrogens is 2. The summed E-state index contributed by atoms with van der Waals surface area (Å²) in [7, 11) is 3.04. The summed E-state index contributed by atoms with van der Waals surface area (Å²) in [5.74, 6) is 1.63. The van der Waals surface area contributed by atoms with E-state index in [2.05, 4.69) is 22.2 Å². The van der Waals surface area contributed by atoms with Gasteiger partial charge in [0, 0.05) is 24.4 Å². The fourth-order valence-corrected chi connectivity index (χ4v) is 5.18. The third-order valence-corrected chi connectivity index (χ3v) is 7.10. The number of methoxy groups -OCH3 is 2. The van der Waals surface area contributed by atoms with Crippen molar-refractivity contribution in [2.24, 2.45) is 0 Å². The highest BCUT2D eigenvalue weighted by molar-refractivity contribution is 7.80. The third kappa shape index (κ3) is 4.88. The number of rotatable bonds is 8. The molecular formula is C23H26Cl2N6O4S. The molecule has 1 fully saturated rings. The molecule has 0 spiro atoms. The topological polar surface area (TPSA) is 101 Å². The molecule has 2 atom stereocenters. The summed E-state index contributed by atoms with van der Waals surface area (Å²) >= 11 is 19.2. The number of carbonyl (C=O) groups is 1. The third-order valence-electron chi connectivity index (χ3n) is 5.93. The largest absolute Gasteiger partial charge is 0.495 e. The Morgan fingerprint density at radius 3 is 2.56 bits per heavy atom. The molecule has 2 aliphatic heterocycles. The van der Waals surface area contributed by atoms with Crippen LogP contribution in [0.25, 0.3) is 0 Å². The zero-order chi connectivity index (χ0) is 26.0. The second kappa shape index (κ2) is 11.0. The fraction of sp³-hybridized carbons (Fsp3) is 0.391. The maximum absolute atomic E-state index is 11.7. The van der Waals surface area contributed by atoms with E-state index in [-0.39, 0.29) is 18.0 Å². The average Bonchev–Trinajstić information content (AvgIpc) is 3.30. The Morgan fingerprint density at radius 2 is 1.94 bits per heavy atom. The number of anilines is 3. The number of nitrogens with zero attached hydrogens (tertiary/aromatic N) is 4. The number of benzene rings is 1. The molecule has 13 heteroatoms. The first-order chi connectivity index (χ1) is 17.3. The van der Waals surface area contributed by atoms with Gasteiger partial charge in [-0.05, 0) is 25.2 Å². The number of halogens is 2. The summed E-state index contributed by atoms with van der Waals surface area (Å²) in [6, 6.07) is 1.20. The van der Waals surface area contributed by atoms with Crippen LogP contribution in [-0.4, -0.2) is 67.0 Å². The van der Waals surface area contributed by atoms with Crippen LogP contribution in [0.5, 0.6) is 11.5 Å². The number of fused-ring (bicyclic) bond motifs is 1. The lowest BCUT2D eigenvalue weighted by atomic mass is 10.1. The first-order valence-corrected chi connectivity index (χ1v) is 12.3. The zero-order valence-electron chi connectivity index (χ0n) is 20.0. The van der Waals surface area contributed by atoms with Crippen LogP contribution in [0.2, 0.25) is 10.0 Å². The van der Waals surface area contributed by atoms with Gasteiger partial charge in [0.05, 0.1) is 51.7 Å². The molecule has 0 bridgehead atoms. The van der Waals surface area contributed by atoms with Crippen LogP contribution in [0.4, 0.5) is 17.5 Å². The van der Waals surface area contributed by atoms with Gasteiger partial charge in [-0.25, -0.2) is 4.98 Å². The van der Waals surface area contributed by atoms with Crippen LogP contribution in [0, 0.1) is 0 Å². The Balaban J connectivity index is 1.65. The minimum atomic E-state index is -0.266. The SMILES string of the molecule is C=CC(=O)N[C@H]1COC[C@H]1Nc1ncc2c(n1)N(CC)C(=S)N(c1c(Cl)c(OC)cc(OC)c1Cl)C2. The van der Waals surface area contributed by atoms with Crippen molar-refractivity contribution >= 4 is 63.9 Å². The van der Waals surface area contributed by atoms with Gasteiger partial charge in [-0.2, -0.15) is 4.98 Å². The summed E-state index contributed by atoms with van der Waals surface area (Å²) in [6.45, 7) is 7.13. The highest BCUT2D eigenvalue weighted by Gasteiger charge is 2.34. The van der Waals surface area contributed by atoms with Gasteiger partial charge >= 0.3 is 0 Å².